The van der Waals surface area contributed by atoms with Gasteiger partial charge in [0.05, 0.1) is 16.6 Å². The molecule has 4 heterocycles. The Morgan fingerprint density at radius 2 is 1.88 bits per heavy atom. The molecule has 2 amide bonds. The van der Waals surface area contributed by atoms with E-state index in [0.717, 1.165) is 0 Å². The largest absolute Gasteiger partial charge is 0.461 e. The van der Waals surface area contributed by atoms with Crippen molar-refractivity contribution in [3.05, 3.63) is 53.6 Å². The molecule has 0 aliphatic carbocycles. The van der Waals surface area contributed by atoms with E-state index in [0.29, 0.717) is 23.7 Å². The van der Waals surface area contributed by atoms with Gasteiger partial charge in [-0.2, -0.15) is 0 Å². The summed E-state index contributed by atoms with van der Waals surface area (Å²) >= 11 is 7.55. The monoisotopic (exact) mass is 488 g/mol. The Morgan fingerprint density at radius 1 is 1.12 bits per heavy atom. The number of rotatable bonds is 4. The molecule has 0 aromatic heterocycles. The van der Waals surface area contributed by atoms with Gasteiger partial charge in [-0.1, -0.05) is 29.8 Å². The number of ether oxygens (including phenoxy) is 1. The van der Waals surface area contributed by atoms with E-state index >= 15 is 0 Å². The van der Waals surface area contributed by atoms with Crippen LogP contribution in [0.4, 0.5) is 5.69 Å². The Kier molecular flexibility index (Phi) is 5.58. The number of amides is 2. The number of anilines is 1. The van der Waals surface area contributed by atoms with Crippen molar-refractivity contribution in [2.45, 2.75) is 28.9 Å². The third kappa shape index (κ3) is 3.33. The fourth-order valence-electron chi connectivity index (χ4n) is 5.69. The maximum absolute atomic E-state index is 14.1. The van der Waals surface area contributed by atoms with E-state index in [9.17, 15) is 19.5 Å². The predicted molar refractivity (Wildman–Crippen MR) is 126 cm³/mol. The predicted octanol–water partition coefficient (Wildman–Crippen LogP) is 2.43. The summed E-state index contributed by atoms with van der Waals surface area (Å²) < 4.78 is 3.83. The van der Waals surface area contributed by atoms with Gasteiger partial charge < -0.3 is 19.6 Å². The number of hydrogen-bond donors (Lipinski definition) is 1. The van der Waals surface area contributed by atoms with Crippen LogP contribution in [0.1, 0.15) is 13.3 Å². The Bertz CT molecular complexity index is 1060. The van der Waals surface area contributed by atoms with Gasteiger partial charge in [0.1, 0.15) is 12.6 Å². The average molecular weight is 489 g/mol. The minimum Gasteiger partial charge on any atom is -0.461 e. The van der Waals surface area contributed by atoms with Crippen molar-refractivity contribution in [2.24, 2.45) is 11.8 Å². The van der Waals surface area contributed by atoms with E-state index < -0.39 is 33.3 Å². The van der Waals surface area contributed by atoms with Crippen molar-refractivity contribution < 1.29 is 24.2 Å². The molecule has 2 fully saturated rings. The molecule has 5 atom stereocenters. The highest BCUT2D eigenvalue weighted by atomic mass is 35.5. The summed E-state index contributed by atoms with van der Waals surface area (Å²) in [7, 11) is 0. The number of thioether (sulfide) groups is 1. The third-order valence-corrected chi connectivity index (χ3v) is 9.06. The van der Waals surface area contributed by atoms with Crippen LogP contribution in [0.15, 0.2) is 48.6 Å². The van der Waals surface area contributed by atoms with Crippen LogP contribution in [-0.2, 0) is 19.1 Å². The second-order valence-corrected chi connectivity index (χ2v) is 11.2. The van der Waals surface area contributed by atoms with Gasteiger partial charge in [-0.15, -0.1) is 11.8 Å². The molecule has 1 N–H and O–H groups in total. The summed E-state index contributed by atoms with van der Waals surface area (Å²) in [5, 5.41) is 10.0. The van der Waals surface area contributed by atoms with Crippen molar-refractivity contribution in [1.29, 1.82) is 0 Å². The van der Waals surface area contributed by atoms with E-state index in [4.69, 9.17) is 16.3 Å². The van der Waals surface area contributed by atoms with Gasteiger partial charge in [-0.3, -0.25) is 14.4 Å². The van der Waals surface area contributed by atoms with Crippen LogP contribution < -0.4 is 4.90 Å². The molecule has 174 valence electrons. The highest BCUT2D eigenvalue weighted by Gasteiger charge is 2.74. The molecule has 1 aromatic carbocycles. The van der Waals surface area contributed by atoms with Gasteiger partial charge >= 0.3 is 5.97 Å². The average Bonchev–Trinajstić information content (AvgIpc) is 3.04. The first-order valence-electron chi connectivity index (χ1n) is 11.0. The number of carbonyl (C=O) groups excluding carboxylic acids is 3. The SMILES string of the molecule is C[C@]12C=CCOC(=O)[C@H]1[C@H]1C(=O)N(CCCO)C3C(=O)N(c4ccc(Cl)cc4)CC=C[C@@]31S2. The Labute approximate surface area is 201 Å². The minimum absolute atomic E-state index is 0.0990. The molecule has 33 heavy (non-hydrogen) atoms. The Balaban J connectivity index is 1.63. The van der Waals surface area contributed by atoms with Gasteiger partial charge in [0.15, 0.2) is 0 Å². The fraction of sp³-hybridized carbons (Fsp3) is 0.458. The van der Waals surface area contributed by atoms with Crippen molar-refractivity contribution in [1.82, 2.24) is 4.90 Å². The Morgan fingerprint density at radius 3 is 2.61 bits per heavy atom. The number of benzene rings is 1. The number of aliphatic hydroxyl groups is 1. The van der Waals surface area contributed by atoms with Crippen LogP contribution in [0.3, 0.4) is 0 Å². The molecule has 0 bridgehead atoms. The van der Waals surface area contributed by atoms with Crippen LogP contribution in [-0.4, -0.2) is 69.6 Å². The quantitative estimate of drug-likeness (QED) is 0.517. The van der Waals surface area contributed by atoms with Gasteiger partial charge in [0.25, 0.3) is 5.91 Å². The van der Waals surface area contributed by atoms with Crippen molar-refractivity contribution >= 4 is 46.8 Å². The first-order chi connectivity index (χ1) is 15.8. The lowest BCUT2D eigenvalue weighted by Crippen LogP contribution is -2.53. The first-order valence-corrected chi connectivity index (χ1v) is 12.2. The lowest BCUT2D eigenvalue weighted by Gasteiger charge is -2.36. The standard InChI is InChI=1S/C24H25ClN2O5S/c1-23-9-3-14-32-22(31)18(23)17-20(29)27(12-4-13-28)19-21(30)26(11-2-10-24(17,19)33-23)16-7-5-15(25)6-8-16/h2-3,5-10,17-19,28H,4,11-14H2,1H3/t17-,18+,19?,23-,24-/m0/s1. The molecule has 0 radical (unpaired) electrons. The summed E-state index contributed by atoms with van der Waals surface area (Å²) in [6.45, 7) is 2.60. The molecule has 4 aliphatic heterocycles. The van der Waals surface area contributed by atoms with E-state index in [1.807, 2.05) is 31.2 Å². The molecule has 2 saturated heterocycles. The zero-order chi connectivity index (χ0) is 23.4. The summed E-state index contributed by atoms with van der Waals surface area (Å²) in [5.74, 6) is -2.28. The maximum atomic E-state index is 14.1. The molecule has 1 spiro atoms. The van der Waals surface area contributed by atoms with Crippen molar-refractivity contribution in [3.63, 3.8) is 0 Å². The van der Waals surface area contributed by atoms with Gasteiger partial charge in [0, 0.05) is 35.2 Å². The molecule has 1 aromatic rings. The molecule has 0 saturated carbocycles. The molecule has 9 heteroatoms. The Hall–Kier alpha value is -2.29. The summed E-state index contributed by atoms with van der Waals surface area (Å²) in [4.78, 5) is 44.2. The third-order valence-electron chi connectivity index (χ3n) is 7.01. The summed E-state index contributed by atoms with van der Waals surface area (Å²) in [5.41, 5.74) is 0.687. The molecular weight excluding hydrogens is 464 g/mol. The second kappa shape index (κ2) is 8.18. The smallest absolute Gasteiger partial charge is 0.311 e. The van der Waals surface area contributed by atoms with E-state index in [1.54, 1.807) is 34.1 Å². The number of fused-ring (bicyclic) bond motifs is 2. The molecule has 1 unspecified atom stereocenters. The number of nitrogens with zero attached hydrogens (tertiary/aromatic N) is 2. The van der Waals surface area contributed by atoms with Gasteiger partial charge in [-0.05, 0) is 43.7 Å². The van der Waals surface area contributed by atoms with E-state index in [-0.39, 0.29) is 31.6 Å². The maximum Gasteiger partial charge on any atom is 0.311 e. The molecule has 5 rings (SSSR count). The number of likely N-dealkylation sites (tertiary alicyclic amines) is 1. The lowest BCUT2D eigenvalue weighted by atomic mass is 9.75. The van der Waals surface area contributed by atoms with Crippen LogP contribution in [0.5, 0.6) is 0 Å². The number of aliphatic hydroxyl groups excluding tert-OH is 1. The number of halogens is 1. The summed E-state index contributed by atoms with van der Waals surface area (Å²) in [6.07, 6.45) is 7.98. The normalized spacial score (nSPS) is 35.1. The second-order valence-electron chi connectivity index (χ2n) is 8.97. The molecular formula is C24H25ClN2O5S. The highest BCUT2D eigenvalue weighted by Crippen LogP contribution is 2.65. The lowest BCUT2D eigenvalue weighted by molar-refractivity contribution is -0.152. The van der Waals surface area contributed by atoms with Crippen molar-refractivity contribution in [3.8, 4) is 0 Å². The van der Waals surface area contributed by atoms with E-state index in [1.165, 1.54) is 11.8 Å². The van der Waals surface area contributed by atoms with Crippen LogP contribution in [0.25, 0.3) is 0 Å². The highest BCUT2D eigenvalue weighted by molar-refractivity contribution is 8.02. The zero-order valence-corrected chi connectivity index (χ0v) is 19.7. The minimum atomic E-state index is -0.912. The fourth-order valence-corrected chi connectivity index (χ4v) is 7.97. The van der Waals surface area contributed by atoms with Crippen LogP contribution in [0.2, 0.25) is 5.02 Å². The molecule has 4 aliphatic rings. The topological polar surface area (TPSA) is 87.1 Å². The summed E-state index contributed by atoms with van der Waals surface area (Å²) in [6, 6.07) is 6.22. The number of esters is 1. The number of cyclic esters (lactones) is 1. The number of carbonyl (C=O) groups is 3. The van der Waals surface area contributed by atoms with Gasteiger partial charge in [-0.25, -0.2) is 0 Å². The first kappa shape index (κ1) is 22.5. The van der Waals surface area contributed by atoms with Crippen molar-refractivity contribution in [2.75, 3.05) is 31.2 Å². The van der Waals surface area contributed by atoms with Crippen LogP contribution in [0, 0.1) is 11.8 Å². The zero-order valence-electron chi connectivity index (χ0n) is 18.1. The molecule has 7 nitrogen and oxygen atoms in total. The van der Waals surface area contributed by atoms with Crippen LogP contribution >= 0.6 is 23.4 Å². The van der Waals surface area contributed by atoms with Gasteiger partial charge in [0.2, 0.25) is 5.91 Å². The van der Waals surface area contributed by atoms with E-state index in [2.05, 4.69) is 0 Å². The number of hydrogen-bond acceptors (Lipinski definition) is 6.